The Kier molecular flexibility index (Phi) is 7.35. The van der Waals surface area contributed by atoms with Crippen molar-refractivity contribution in [1.82, 2.24) is 10.6 Å². The monoisotopic (exact) mass is 339 g/mol. The summed E-state index contributed by atoms with van der Waals surface area (Å²) in [6.07, 6.45) is 1.28. The summed E-state index contributed by atoms with van der Waals surface area (Å²) in [6, 6.07) is 1.11. The molecule has 0 aliphatic heterocycles. The lowest BCUT2D eigenvalue weighted by Gasteiger charge is -2.21. The topological polar surface area (TPSA) is 36.4 Å². The third-order valence-corrected chi connectivity index (χ3v) is 3.11. The molecule has 0 bridgehead atoms. The van der Waals surface area contributed by atoms with Crippen LogP contribution in [0.25, 0.3) is 0 Å². The van der Waals surface area contributed by atoms with E-state index in [0.717, 1.165) is 18.4 Å². The van der Waals surface area contributed by atoms with E-state index in [1.807, 2.05) is 0 Å². The van der Waals surface area contributed by atoms with Gasteiger partial charge < -0.3 is 10.6 Å². The molecule has 4 heteroatoms. The summed E-state index contributed by atoms with van der Waals surface area (Å²) in [4.78, 5) is 4.46. The molecule has 0 amide bonds. The first-order valence-corrected chi connectivity index (χ1v) is 6.12. The first-order chi connectivity index (χ1) is 7.04. The Balaban J connectivity index is 0.00000225. The van der Waals surface area contributed by atoms with Gasteiger partial charge in [-0.2, -0.15) is 0 Å². The third kappa shape index (κ3) is 5.37. The molecule has 0 aromatic rings. The molecule has 1 aliphatic rings. The quantitative estimate of drug-likeness (QED) is 0.469. The maximum absolute atomic E-state index is 4.46. The van der Waals surface area contributed by atoms with Gasteiger partial charge in [0.2, 0.25) is 0 Å². The number of nitrogens with one attached hydrogen (secondary N) is 2. The summed E-state index contributed by atoms with van der Waals surface area (Å²) in [5.41, 5.74) is 0. The Bertz CT molecular complexity index is 228. The number of guanidine groups is 1. The lowest BCUT2D eigenvalue weighted by atomic mass is 10.1. The van der Waals surface area contributed by atoms with Crippen molar-refractivity contribution in [2.45, 2.75) is 53.1 Å². The second-order valence-corrected chi connectivity index (χ2v) is 4.96. The van der Waals surface area contributed by atoms with Crippen molar-refractivity contribution in [3.05, 3.63) is 0 Å². The maximum Gasteiger partial charge on any atom is 0.191 e. The minimum atomic E-state index is 0. The van der Waals surface area contributed by atoms with Gasteiger partial charge in [0, 0.05) is 18.6 Å². The molecule has 0 radical (unpaired) electrons. The van der Waals surface area contributed by atoms with Crippen molar-refractivity contribution in [3.8, 4) is 0 Å². The van der Waals surface area contributed by atoms with Gasteiger partial charge >= 0.3 is 0 Å². The highest BCUT2D eigenvalue weighted by Gasteiger charge is 2.33. The maximum atomic E-state index is 4.46. The molecule has 96 valence electrons. The Hall–Kier alpha value is 0. The summed E-state index contributed by atoms with van der Waals surface area (Å²) in [5, 5.41) is 6.91. The molecule has 1 rings (SSSR count). The number of hydrogen-bond acceptors (Lipinski definition) is 1. The van der Waals surface area contributed by atoms with E-state index in [-0.39, 0.29) is 24.0 Å². The van der Waals surface area contributed by atoms with Crippen LogP contribution in [0.3, 0.4) is 0 Å². The number of aliphatic imine (C=N–C) groups is 1. The fourth-order valence-corrected chi connectivity index (χ4v) is 1.37. The van der Waals surface area contributed by atoms with Crippen LogP contribution in [0.2, 0.25) is 0 Å². The average Bonchev–Trinajstić information content (AvgIpc) is 2.81. The third-order valence-electron chi connectivity index (χ3n) is 3.11. The van der Waals surface area contributed by atoms with Crippen LogP contribution < -0.4 is 10.6 Å². The first-order valence-electron chi connectivity index (χ1n) is 6.12. The van der Waals surface area contributed by atoms with Gasteiger partial charge in [0.05, 0.1) is 0 Å². The van der Waals surface area contributed by atoms with Crippen molar-refractivity contribution < 1.29 is 0 Å². The van der Waals surface area contributed by atoms with E-state index in [1.54, 1.807) is 0 Å². The molecule has 3 unspecified atom stereocenters. The molecule has 1 aliphatic carbocycles. The van der Waals surface area contributed by atoms with Gasteiger partial charge in [-0.1, -0.05) is 20.8 Å². The highest BCUT2D eigenvalue weighted by Crippen LogP contribution is 2.28. The van der Waals surface area contributed by atoms with E-state index < -0.39 is 0 Å². The minimum Gasteiger partial charge on any atom is -0.354 e. The van der Waals surface area contributed by atoms with Crippen molar-refractivity contribution in [2.24, 2.45) is 16.8 Å². The van der Waals surface area contributed by atoms with E-state index in [9.17, 15) is 0 Å². The lowest BCUT2D eigenvalue weighted by Crippen LogP contribution is -2.45. The Morgan fingerprint density at radius 2 is 1.94 bits per heavy atom. The van der Waals surface area contributed by atoms with Crippen LogP contribution in [0.5, 0.6) is 0 Å². The van der Waals surface area contributed by atoms with Crippen LogP contribution in [0.15, 0.2) is 4.99 Å². The lowest BCUT2D eigenvalue weighted by molar-refractivity contribution is 0.480. The van der Waals surface area contributed by atoms with Crippen molar-refractivity contribution >= 4 is 29.9 Å². The summed E-state index contributed by atoms with van der Waals surface area (Å²) in [6.45, 7) is 11.8. The first kappa shape index (κ1) is 16.0. The highest BCUT2D eigenvalue weighted by molar-refractivity contribution is 14.0. The second-order valence-electron chi connectivity index (χ2n) is 4.96. The molecular weight excluding hydrogens is 313 g/mol. The number of hydrogen-bond donors (Lipinski definition) is 2. The van der Waals surface area contributed by atoms with E-state index in [0.29, 0.717) is 18.0 Å². The Labute approximate surface area is 117 Å². The van der Waals surface area contributed by atoms with E-state index in [2.05, 4.69) is 50.2 Å². The molecule has 0 aromatic carbocycles. The van der Waals surface area contributed by atoms with Gasteiger partial charge in [0.25, 0.3) is 0 Å². The summed E-state index contributed by atoms with van der Waals surface area (Å²) in [7, 11) is 0. The molecule has 3 atom stereocenters. The van der Waals surface area contributed by atoms with Crippen molar-refractivity contribution in [2.75, 3.05) is 6.54 Å². The SMILES string of the molecule is CCN=C(NC(C)C(C)C)NC1CC1C.I. The molecular formula is C12H26IN3. The number of rotatable bonds is 4. The van der Waals surface area contributed by atoms with Crippen LogP contribution in [0.4, 0.5) is 0 Å². The van der Waals surface area contributed by atoms with Crippen LogP contribution in [0.1, 0.15) is 41.0 Å². The second kappa shape index (κ2) is 7.35. The van der Waals surface area contributed by atoms with Crippen LogP contribution in [-0.4, -0.2) is 24.6 Å². The van der Waals surface area contributed by atoms with Crippen LogP contribution >= 0.6 is 24.0 Å². The minimum absolute atomic E-state index is 0. The molecule has 16 heavy (non-hydrogen) atoms. The van der Waals surface area contributed by atoms with Crippen LogP contribution in [-0.2, 0) is 0 Å². The van der Waals surface area contributed by atoms with E-state index in [1.165, 1.54) is 6.42 Å². The van der Waals surface area contributed by atoms with Gasteiger partial charge in [-0.3, -0.25) is 4.99 Å². The van der Waals surface area contributed by atoms with E-state index in [4.69, 9.17) is 0 Å². The smallest absolute Gasteiger partial charge is 0.191 e. The van der Waals surface area contributed by atoms with Crippen molar-refractivity contribution in [1.29, 1.82) is 0 Å². The van der Waals surface area contributed by atoms with Gasteiger partial charge in [-0.25, -0.2) is 0 Å². The zero-order valence-electron chi connectivity index (χ0n) is 11.1. The Morgan fingerprint density at radius 1 is 1.38 bits per heavy atom. The standard InChI is InChI=1S/C12H25N3.HI/c1-6-13-12(14-10(5)8(2)3)15-11-7-9(11)4;/h8-11H,6-7H2,1-5H3,(H2,13,14,15);1H. The number of nitrogens with zero attached hydrogens (tertiary/aromatic N) is 1. The molecule has 0 saturated heterocycles. The molecule has 0 aromatic heterocycles. The largest absolute Gasteiger partial charge is 0.354 e. The predicted octanol–water partition coefficient (Wildman–Crippen LogP) is 2.61. The van der Waals surface area contributed by atoms with Gasteiger partial charge in [-0.15, -0.1) is 24.0 Å². The van der Waals surface area contributed by atoms with Crippen molar-refractivity contribution in [3.63, 3.8) is 0 Å². The summed E-state index contributed by atoms with van der Waals surface area (Å²) in [5.74, 6) is 2.42. The van der Waals surface area contributed by atoms with E-state index >= 15 is 0 Å². The average molecular weight is 339 g/mol. The highest BCUT2D eigenvalue weighted by atomic mass is 127. The predicted molar refractivity (Wildman–Crippen MR) is 81.5 cm³/mol. The molecule has 1 fully saturated rings. The molecule has 2 N–H and O–H groups in total. The van der Waals surface area contributed by atoms with Crippen LogP contribution in [0, 0.1) is 11.8 Å². The van der Waals surface area contributed by atoms with Gasteiger partial charge in [0.1, 0.15) is 0 Å². The molecule has 0 heterocycles. The zero-order valence-corrected chi connectivity index (χ0v) is 13.4. The van der Waals surface area contributed by atoms with Gasteiger partial charge in [0.15, 0.2) is 5.96 Å². The summed E-state index contributed by atoms with van der Waals surface area (Å²) < 4.78 is 0. The molecule has 3 nitrogen and oxygen atoms in total. The Morgan fingerprint density at radius 3 is 2.31 bits per heavy atom. The molecule has 1 saturated carbocycles. The fraction of sp³-hybridized carbons (Fsp3) is 0.917. The molecule has 0 spiro atoms. The van der Waals surface area contributed by atoms with Gasteiger partial charge in [-0.05, 0) is 32.1 Å². The number of halogens is 1. The fourth-order valence-electron chi connectivity index (χ4n) is 1.37. The zero-order chi connectivity index (χ0) is 11.4. The summed E-state index contributed by atoms with van der Waals surface area (Å²) >= 11 is 0. The normalized spacial score (nSPS) is 26.0.